The number of benzene rings is 1. The summed E-state index contributed by atoms with van der Waals surface area (Å²) in [7, 11) is 0. The second kappa shape index (κ2) is 6.31. The number of aryl methyl sites for hydroxylation is 2. The van der Waals surface area contributed by atoms with Gasteiger partial charge < -0.3 is 9.84 Å². The van der Waals surface area contributed by atoms with E-state index in [-0.39, 0.29) is 12.5 Å². The molecule has 1 aromatic carbocycles. The lowest BCUT2D eigenvalue weighted by Crippen LogP contribution is -2.12. The topological polar surface area (TPSA) is 55.2 Å². The zero-order valence-electron chi connectivity index (χ0n) is 12.1. The Kier molecular flexibility index (Phi) is 4.65. The van der Waals surface area contributed by atoms with Crippen LogP contribution in [0.5, 0.6) is 5.88 Å². The van der Waals surface area contributed by atoms with Crippen LogP contribution in [0.25, 0.3) is 0 Å². The van der Waals surface area contributed by atoms with Gasteiger partial charge in [-0.15, -0.1) is 5.10 Å². The molecule has 0 saturated carbocycles. The Balaban J connectivity index is 2.00. The van der Waals surface area contributed by atoms with Gasteiger partial charge in [-0.05, 0) is 37.1 Å². The normalized spacial score (nSPS) is 13.0. The van der Waals surface area contributed by atoms with Crippen molar-refractivity contribution in [2.24, 2.45) is 0 Å². The minimum absolute atomic E-state index is 0.122. The number of aliphatic hydroxyl groups is 1. The van der Waals surface area contributed by atoms with Crippen molar-refractivity contribution in [3.8, 4) is 5.88 Å². The molecule has 0 unspecified atom stereocenters. The predicted octanol–water partition coefficient (Wildman–Crippen LogP) is 3.22. The lowest BCUT2D eigenvalue weighted by atomic mass is 10.1. The Morgan fingerprint density at radius 2 is 1.77 bits per heavy atom. The maximum atomic E-state index is 12.5. The monoisotopic (exact) mass is 312 g/mol. The largest absolute Gasteiger partial charge is 0.473 e. The molecule has 2 aromatic rings. The maximum absolute atomic E-state index is 12.5. The number of halogens is 3. The molecule has 0 radical (unpaired) electrons. The van der Waals surface area contributed by atoms with Crippen LogP contribution in [0.2, 0.25) is 0 Å². The number of rotatable bonds is 4. The Morgan fingerprint density at radius 1 is 1.14 bits per heavy atom. The lowest BCUT2D eigenvalue weighted by molar-refractivity contribution is -0.137. The molecule has 1 heterocycles. The average molecular weight is 312 g/mol. The summed E-state index contributed by atoms with van der Waals surface area (Å²) in [5.41, 5.74) is 1.25. The minimum atomic E-state index is -4.39. The van der Waals surface area contributed by atoms with E-state index in [0.29, 0.717) is 5.56 Å². The number of hydrogen-bond acceptors (Lipinski definition) is 4. The molecule has 7 heteroatoms. The third-order valence-electron chi connectivity index (χ3n) is 3.22. The fourth-order valence-electron chi connectivity index (χ4n) is 1.75. The van der Waals surface area contributed by atoms with Crippen LogP contribution in [-0.2, 0) is 6.18 Å². The van der Waals surface area contributed by atoms with Crippen LogP contribution in [0.3, 0.4) is 0 Å². The molecule has 118 valence electrons. The number of nitrogens with zero attached hydrogens (tertiary/aromatic N) is 2. The van der Waals surface area contributed by atoms with Gasteiger partial charge in [0, 0.05) is 6.07 Å². The zero-order valence-corrected chi connectivity index (χ0v) is 12.1. The molecule has 0 bridgehead atoms. The average Bonchev–Trinajstić information content (AvgIpc) is 2.47. The predicted molar refractivity (Wildman–Crippen MR) is 73.4 cm³/mol. The second-order valence-electron chi connectivity index (χ2n) is 4.90. The van der Waals surface area contributed by atoms with E-state index in [4.69, 9.17) is 4.74 Å². The van der Waals surface area contributed by atoms with E-state index < -0.39 is 17.8 Å². The van der Waals surface area contributed by atoms with Crippen LogP contribution in [-0.4, -0.2) is 21.9 Å². The van der Waals surface area contributed by atoms with Crippen molar-refractivity contribution in [2.75, 3.05) is 6.61 Å². The molecule has 1 aromatic heterocycles. The van der Waals surface area contributed by atoms with Crippen molar-refractivity contribution in [3.05, 3.63) is 52.7 Å². The molecule has 0 fully saturated rings. The zero-order chi connectivity index (χ0) is 16.3. The van der Waals surface area contributed by atoms with Crippen molar-refractivity contribution in [3.63, 3.8) is 0 Å². The molecular formula is C15H15F3N2O2. The molecule has 1 atom stereocenters. The van der Waals surface area contributed by atoms with Crippen LogP contribution in [0.4, 0.5) is 13.2 Å². The quantitative estimate of drug-likeness (QED) is 0.942. The fourth-order valence-corrected chi connectivity index (χ4v) is 1.75. The van der Waals surface area contributed by atoms with Gasteiger partial charge in [-0.3, -0.25) is 0 Å². The first-order chi connectivity index (χ1) is 10.3. The molecule has 4 nitrogen and oxygen atoms in total. The number of aromatic nitrogens is 2. The van der Waals surface area contributed by atoms with Crippen molar-refractivity contribution in [1.29, 1.82) is 0 Å². The maximum Gasteiger partial charge on any atom is 0.416 e. The first kappa shape index (κ1) is 16.2. The highest BCUT2D eigenvalue weighted by molar-refractivity contribution is 5.26. The van der Waals surface area contributed by atoms with Gasteiger partial charge in [0.05, 0.1) is 11.3 Å². The molecule has 0 aliphatic heterocycles. The van der Waals surface area contributed by atoms with E-state index in [1.54, 1.807) is 6.07 Å². The van der Waals surface area contributed by atoms with Gasteiger partial charge in [0.25, 0.3) is 0 Å². The number of aliphatic hydroxyl groups excluding tert-OH is 1. The van der Waals surface area contributed by atoms with E-state index in [9.17, 15) is 18.3 Å². The minimum Gasteiger partial charge on any atom is -0.473 e. The fraction of sp³-hybridized carbons (Fsp3) is 0.333. The first-order valence-electron chi connectivity index (χ1n) is 6.56. The summed E-state index contributed by atoms with van der Waals surface area (Å²) in [6.45, 7) is 3.54. The summed E-state index contributed by atoms with van der Waals surface area (Å²) in [6, 6.07) is 5.98. The lowest BCUT2D eigenvalue weighted by Gasteiger charge is -2.13. The van der Waals surface area contributed by atoms with E-state index in [1.165, 1.54) is 12.1 Å². The summed E-state index contributed by atoms with van der Waals surface area (Å²) in [5.74, 6) is 0.258. The van der Waals surface area contributed by atoms with Gasteiger partial charge in [0.15, 0.2) is 0 Å². The molecular weight excluding hydrogens is 297 g/mol. The van der Waals surface area contributed by atoms with Gasteiger partial charge in [-0.1, -0.05) is 12.1 Å². The number of ether oxygens (including phenoxy) is 1. The van der Waals surface area contributed by atoms with E-state index in [0.717, 1.165) is 23.4 Å². The van der Waals surface area contributed by atoms with E-state index >= 15 is 0 Å². The summed E-state index contributed by atoms with van der Waals surface area (Å²) in [6.07, 6.45) is -5.44. The smallest absolute Gasteiger partial charge is 0.416 e. The van der Waals surface area contributed by atoms with Gasteiger partial charge in [-0.25, -0.2) is 0 Å². The van der Waals surface area contributed by atoms with Crippen LogP contribution >= 0.6 is 0 Å². The summed E-state index contributed by atoms with van der Waals surface area (Å²) in [5, 5.41) is 17.7. The third-order valence-corrected chi connectivity index (χ3v) is 3.22. The molecule has 22 heavy (non-hydrogen) atoms. The van der Waals surface area contributed by atoms with E-state index in [2.05, 4.69) is 10.2 Å². The molecule has 0 spiro atoms. The Morgan fingerprint density at radius 3 is 2.32 bits per heavy atom. The highest BCUT2D eigenvalue weighted by Gasteiger charge is 2.30. The second-order valence-corrected chi connectivity index (χ2v) is 4.90. The van der Waals surface area contributed by atoms with Gasteiger partial charge >= 0.3 is 6.18 Å². The van der Waals surface area contributed by atoms with Crippen LogP contribution in [0, 0.1) is 13.8 Å². The Bertz CT molecular complexity index is 642. The van der Waals surface area contributed by atoms with Crippen LogP contribution < -0.4 is 4.74 Å². The molecule has 1 N–H and O–H groups in total. The van der Waals surface area contributed by atoms with Crippen molar-refractivity contribution >= 4 is 0 Å². The Labute approximate surface area is 125 Å². The van der Waals surface area contributed by atoms with Gasteiger partial charge in [0.1, 0.15) is 12.7 Å². The SMILES string of the molecule is Cc1cc(OC[C@@H](O)c2ccc(C(F)(F)F)cc2)nnc1C. The summed E-state index contributed by atoms with van der Waals surface area (Å²) >= 11 is 0. The number of alkyl halides is 3. The van der Waals surface area contributed by atoms with Crippen LogP contribution in [0.1, 0.15) is 28.5 Å². The highest BCUT2D eigenvalue weighted by Crippen LogP contribution is 2.30. The van der Waals surface area contributed by atoms with E-state index in [1.807, 2.05) is 13.8 Å². The number of hydrogen-bond donors (Lipinski definition) is 1. The molecule has 2 rings (SSSR count). The summed E-state index contributed by atoms with van der Waals surface area (Å²) in [4.78, 5) is 0. The molecule has 0 amide bonds. The molecule has 0 saturated heterocycles. The van der Waals surface area contributed by atoms with Gasteiger partial charge in [0.2, 0.25) is 5.88 Å². The van der Waals surface area contributed by atoms with Crippen molar-refractivity contribution in [2.45, 2.75) is 26.1 Å². The third kappa shape index (κ3) is 3.94. The Hall–Kier alpha value is -2.15. The summed E-state index contributed by atoms with van der Waals surface area (Å²) < 4.78 is 42.7. The van der Waals surface area contributed by atoms with Gasteiger partial charge in [-0.2, -0.15) is 18.3 Å². The highest BCUT2D eigenvalue weighted by atomic mass is 19.4. The first-order valence-corrected chi connectivity index (χ1v) is 6.56. The molecule has 0 aliphatic carbocycles. The van der Waals surface area contributed by atoms with Crippen molar-refractivity contribution in [1.82, 2.24) is 10.2 Å². The van der Waals surface area contributed by atoms with Crippen molar-refractivity contribution < 1.29 is 23.0 Å². The van der Waals surface area contributed by atoms with Crippen LogP contribution in [0.15, 0.2) is 30.3 Å². The molecule has 0 aliphatic rings. The standard InChI is InChI=1S/C15H15F3N2O2/c1-9-7-14(20-19-10(9)2)22-8-13(21)11-3-5-12(6-4-11)15(16,17)18/h3-7,13,21H,8H2,1-2H3/t13-/m1/s1.